The molecule has 0 aromatic heterocycles. The van der Waals surface area contributed by atoms with Crippen LogP contribution in [0, 0.1) is 0 Å². The third kappa shape index (κ3) is 2.42. The summed E-state index contributed by atoms with van der Waals surface area (Å²) in [6.45, 7) is 2.32. The summed E-state index contributed by atoms with van der Waals surface area (Å²) in [5, 5.41) is 8.90. The van der Waals surface area contributed by atoms with Crippen LogP contribution in [0.4, 0.5) is 16.2 Å². The van der Waals surface area contributed by atoms with Gasteiger partial charge in [-0.15, -0.1) is 0 Å². The van der Waals surface area contributed by atoms with E-state index in [1.54, 1.807) is 13.2 Å². The van der Waals surface area contributed by atoms with Gasteiger partial charge in [-0.3, -0.25) is 0 Å². The summed E-state index contributed by atoms with van der Waals surface area (Å²) in [7, 11) is 1.60. The Balaban J connectivity index is 2.12. The second kappa shape index (κ2) is 5.03. The zero-order valence-corrected chi connectivity index (χ0v) is 10.3. The summed E-state index contributed by atoms with van der Waals surface area (Å²) in [6.07, 6.45) is -0.862. The second-order valence-electron chi connectivity index (χ2n) is 4.19. The first-order chi connectivity index (χ1) is 8.61. The fraction of sp³-hybridized carbons (Fsp3) is 0.417. The Kier molecular flexibility index (Phi) is 3.45. The number of nitrogens with zero attached hydrogens (tertiary/aromatic N) is 2. The fourth-order valence-corrected chi connectivity index (χ4v) is 2.09. The Bertz CT molecular complexity index is 442. The third-order valence-electron chi connectivity index (χ3n) is 3.09. The largest absolute Gasteiger partial charge is 0.495 e. The van der Waals surface area contributed by atoms with Crippen molar-refractivity contribution >= 4 is 17.5 Å². The Morgan fingerprint density at radius 1 is 1.33 bits per heavy atom. The van der Waals surface area contributed by atoms with E-state index in [0.29, 0.717) is 31.9 Å². The van der Waals surface area contributed by atoms with Crippen LogP contribution in [0.2, 0.25) is 0 Å². The van der Waals surface area contributed by atoms with Gasteiger partial charge >= 0.3 is 6.09 Å². The molecule has 0 spiro atoms. The number of anilines is 2. The summed E-state index contributed by atoms with van der Waals surface area (Å²) in [5.41, 5.74) is 7.32. The third-order valence-corrected chi connectivity index (χ3v) is 3.09. The summed E-state index contributed by atoms with van der Waals surface area (Å²) in [6, 6.07) is 5.50. The minimum Gasteiger partial charge on any atom is -0.495 e. The maximum Gasteiger partial charge on any atom is 0.407 e. The SMILES string of the molecule is COc1cc(N)ccc1N1CCN(C(=O)O)CC1. The van der Waals surface area contributed by atoms with Crippen molar-refractivity contribution in [2.24, 2.45) is 0 Å². The molecule has 1 heterocycles. The first-order valence-electron chi connectivity index (χ1n) is 5.78. The van der Waals surface area contributed by atoms with E-state index >= 15 is 0 Å². The molecule has 6 nitrogen and oxygen atoms in total. The maximum atomic E-state index is 10.8. The number of nitrogen functional groups attached to an aromatic ring is 1. The normalized spacial score (nSPS) is 15.6. The van der Waals surface area contributed by atoms with Gasteiger partial charge < -0.3 is 25.4 Å². The molecule has 1 aliphatic heterocycles. The minimum atomic E-state index is -0.862. The number of carboxylic acid groups (broad SMARTS) is 1. The molecule has 0 bridgehead atoms. The Hall–Kier alpha value is -2.11. The summed E-state index contributed by atoms with van der Waals surface area (Å²) in [5.74, 6) is 0.721. The number of methoxy groups -OCH3 is 1. The smallest absolute Gasteiger partial charge is 0.407 e. The van der Waals surface area contributed by atoms with Crippen molar-refractivity contribution in [3.05, 3.63) is 18.2 Å². The predicted octanol–water partition coefficient (Wildman–Crippen LogP) is 1.08. The molecule has 18 heavy (non-hydrogen) atoms. The highest BCUT2D eigenvalue weighted by molar-refractivity contribution is 5.67. The van der Waals surface area contributed by atoms with E-state index in [4.69, 9.17) is 15.6 Å². The summed E-state index contributed by atoms with van der Waals surface area (Å²) in [4.78, 5) is 14.4. The molecular formula is C12H17N3O3. The van der Waals surface area contributed by atoms with Crippen molar-refractivity contribution in [1.82, 2.24) is 4.90 Å². The first kappa shape index (κ1) is 12.3. The molecule has 1 aliphatic rings. The molecule has 0 unspecified atom stereocenters. The molecule has 2 rings (SSSR count). The number of carbonyl (C=O) groups is 1. The van der Waals surface area contributed by atoms with Gasteiger partial charge in [0.1, 0.15) is 5.75 Å². The molecule has 1 aromatic carbocycles. The lowest BCUT2D eigenvalue weighted by molar-refractivity contribution is 0.142. The first-order valence-corrected chi connectivity index (χ1v) is 5.78. The van der Waals surface area contributed by atoms with Crippen molar-refractivity contribution in [2.45, 2.75) is 0 Å². The number of amides is 1. The molecule has 0 radical (unpaired) electrons. The summed E-state index contributed by atoms with van der Waals surface area (Å²) >= 11 is 0. The number of nitrogens with two attached hydrogens (primary N) is 1. The van der Waals surface area contributed by atoms with Crippen LogP contribution in [-0.2, 0) is 0 Å². The van der Waals surface area contributed by atoms with E-state index in [0.717, 1.165) is 11.4 Å². The van der Waals surface area contributed by atoms with Crippen LogP contribution in [0.5, 0.6) is 5.75 Å². The predicted molar refractivity (Wildman–Crippen MR) is 69.2 cm³/mol. The highest BCUT2D eigenvalue weighted by Gasteiger charge is 2.22. The molecule has 3 N–H and O–H groups in total. The van der Waals surface area contributed by atoms with Crippen molar-refractivity contribution in [3.63, 3.8) is 0 Å². The average molecular weight is 251 g/mol. The zero-order valence-electron chi connectivity index (χ0n) is 10.3. The van der Waals surface area contributed by atoms with Gasteiger partial charge in [0, 0.05) is 37.9 Å². The minimum absolute atomic E-state index is 0.503. The van der Waals surface area contributed by atoms with Crippen LogP contribution in [0.3, 0.4) is 0 Å². The molecule has 1 amide bonds. The quantitative estimate of drug-likeness (QED) is 0.769. The number of benzene rings is 1. The van der Waals surface area contributed by atoms with E-state index in [1.807, 2.05) is 12.1 Å². The molecule has 1 fully saturated rings. The number of hydrogen-bond acceptors (Lipinski definition) is 4. The Morgan fingerprint density at radius 3 is 2.56 bits per heavy atom. The molecular weight excluding hydrogens is 234 g/mol. The van der Waals surface area contributed by atoms with E-state index < -0.39 is 6.09 Å². The van der Waals surface area contributed by atoms with Crippen molar-refractivity contribution in [1.29, 1.82) is 0 Å². The van der Waals surface area contributed by atoms with Crippen LogP contribution in [0.25, 0.3) is 0 Å². The lowest BCUT2D eigenvalue weighted by Crippen LogP contribution is -2.48. The topological polar surface area (TPSA) is 79.0 Å². The van der Waals surface area contributed by atoms with E-state index in [9.17, 15) is 4.79 Å². The van der Waals surface area contributed by atoms with Crippen LogP contribution in [-0.4, -0.2) is 49.4 Å². The second-order valence-corrected chi connectivity index (χ2v) is 4.19. The van der Waals surface area contributed by atoms with E-state index in [-0.39, 0.29) is 0 Å². The average Bonchev–Trinajstić information content (AvgIpc) is 2.38. The van der Waals surface area contributed by atoms with E-state index in [1.165, 1.54) is 4.90 Å². The number of rotatable bonds is 2. The number of piperazine rings is 1. The zero-order chi connectivity index (χ0) is 13.1. The molecule has 98 valence electrons. The molecule has 6 heteroatoms. The van der Waals surface area contributed by atoms with Gasteiger partial charge in [0.2, 0.25) is 0 Å². The number of hydrogen-bond donors (Lipinski definition) is 2. The maximum absolute atomic E-state index is 10.8. The molecule has 0 saturated carbocycles. The van der Waals surface area contributed by atoms with Gasteiger partial charge in [0.05, 0.1) is 12.8 Å². The van der Waals surface area contributed by atoms with Crippen LogP contribution in [0.15, 0.2) is 18.2 Å². The van der Waals surface area contributed by atoms with Gasteiger partial charge in [-0.1, -0.05) is 0 Å². The van der Waals surface area contributed by atoms with Crippen LogP contribution in [0.1, 0.15) is 0 Å². The fourth-order valence-electron chi connectivity index (χ4n) is 2.09. The lowest BCUT2D eigenvalue weighted by atomic mass is 10.2. The Morgan fingerprint density at radius 2 is 2.00 bits per heavy atom. The van der Waals surface area contributed by atoms with Gasteiger partial charge in [0.25, 0.3) is 0 Å². The highest BCUT2D eigenvalue weighted by atomic mass is 16.5. The molecule has 0 aliphatic carbocycles. The van der Waals surface area contributed by atoms with Gasteiger partial charge in [-0.2, -0.15) is 0 Å². The molecule has 1 aromatic rings. The van der Waals surface area contributed by atoms with Gasteiger partial charge in [-0.25, -0.2) is 4.79 Å². The Labute approximate surface area is 106 Å². The van der Waals surface area contributed by atoms with E-state index in [2.05, 4.69) is 4.90 Å². The monoisotopic (exact) mass is 251 g/mol. The summed E-state index contributed by atoms with van der Waals surface area (Å²) < 4.78 is 5.30. The van der Waals surface area contributed by atoms with Crippen molar-refractivity contribution < 1.29 is 14.6 Å². The van der Waals surface area contributed by atoms with Gasteiger partial charge in [0.15, 0.2) is 0 Å². The number of ether oxygens (including phenoxy) is 1. The molecule has 0 atom stereocenters. The van der Waals surface area contributed by atoms with Crippen LogP contribution >= 0.6 is 0 Å². The highest BCUT2D eigenvalue weighted by Crippen LogP contribution is 2.30. The van der Waals surface area contributed by atoms with Crippen molar-refractivity contribution in [3.8, 4) is 5.75 Å². The van der Waals surface area contributed by atoms with Crippen molar-refractivity contribution in [2.75, 3.05) is 43.9 Å². The van der Waals surface area contributed by atoms with Gasteiger partial charge in [-0.05, 0) is 12.1 Å². The standard InChI is InChI=1S/C12H17N3O3/c1-18-11-8-9(13)2-3-10(11)14-4-6-15(7-5-14)12(16)17/h2-3,8H,4-7,13H2,1H3,(H,16,17). The molecule has 1 saturated heterocycles. The lowest BCUT2D eigenvalue weighted by Gasteiger charge is -2.35. The van der Waals surface area contributed by atoms with Crippen LogP contribution < -0.4 is 15.4 Å².